The SMILES string of the molecule is CC(C)(C)c1ccc(C(=O)N/N=C\c2ccc(-c3ccc(F)cc3[N+](=O)[O-])o2)cc1. The fourth-order valence-electron chi connectivity index (χ4n) is 2.77. The van der Waals surface area contributed by atoms with Crippen LogP contribution in [0.4, 0.5) is 10.1 Å². The van der Waals surface area contributed by atoms with Gasteiger partial charge < -0.3 is 4.42 Å². The molecule has 1 heterocycles. The van der Waals surface area contributed by atoms with Crippen LogP contribution in [0.5, 0.6) is 0 Å². The summed E-state index contributed by atoms with van der Waals surface area (Å²) in [5, 5.41) is 15.0. The largest absolute Gasteiger partial charge is 0.455 e. The van der Waals surface area contributed by atoms with Crippen LogP contribution in [-0.4, -0.2) is 17.0 Å². The van der Waals surface area contributed by atoms with E-state index in [2.05, 4.69) is 31.3 Å². The van der Waals surface area contributed by atoms with E-state index in [0.717, 1.165) is 17.7 Å². The van der Waals surface area contributed by atoms with Crippen molar-refractivity contribution in [1.82, 2.24) is 5.43 Å². The van der Waals surface area contributed by atoms with E-state index in [-0.39, 0.29) is 28.4 Å². The molecular weight excluding hydrogens is 389 g/mol. The summed E-state index contributed by atoms with van der Waals surface area (Å²) in [5.41, 5.74) is 3.71. The quantitative estimate of drug-likeness (QED) is 0.362. The maximum Gasteiger partial charge on any atom is 0.283 e. The molecule has 0 unspecified atom stereocenters. The molecule has 0 bridgehead atoms. The highest BCUT2D eigenvalue weighted by molar-refractivity contribution is 5.94. The number of hydrazone groups is 1. The van der Waals surface area contributed by atoms with Gasteiger partial charge in [-0.3, -0.25) is 14.9 Å². The fraction of sp³-hybridized carbons (Fsp3) is 0.182. The Morgan fingerprint density at radius 3 is 2.47 bits per heavy atom. The lowest BCUT2D eigenvalue weighted by molar-refractivity contribution is -0.384. The number of nitrogens with zero attached hydrogens (tertiary/aromatic N) is 2. The maximum atomic E-state index is 13.3. The number of hydrogen-bond donors (Lipinski definition) is 1. The molecule has 1 N–H and O–H groups in total. The molecule has 0 aliphatic rings. The Balaban J connectivity index is 1.69. The number of hydrogen-bond acceptors (Lipinski definition) is 5. The average molecular weight is 409 g/mol. The van der Waals surface area contributed by atoms with E-state index in [1.165, 1.54) is 24.4 Å². The summed E-state index contributed by atoms with van der Waals surface area (Å²) >= 11 is 0. The molecule has 0 aliphatic heterocycles. The molecule has 3 aromatic rings. The molecule has 0 saturated carbocycles. The zero-order chi connectivity index (χ0) is 21.9. The Labute approximate surface area is 172 Å². The number of amides is 1. The third kappa shape index (κ3) is 4.78. The van der Waals surface area contributed by atoms with Gasteiger partial charge in [0.15, 0.2) is 0 Å². The third-order valence-electron chi connectivity index (χ3n) is 4.42. The highest BCUT2D eigenvalue weighted by atomic mass is 19.1. The number of rotatable bonds is 5. The number of halogens is 1. The Morgan fingerprint density at radius 1 is 1.13 bits per heavy atom. The van der Waals surface area contributed by atoms with Gasteiger partial charge in [0.2, 0.25) is 0 Å². The summed E-state index contributed by atoms with van der Waals surface area (Å²) in [5.74, 6) is -0.635. The first-order valence-electron chi connectivity index (χ1n) is 9.13. The van der Waals surface area contributed by atoms with Gasteiger partial charge in [-0.1, -0.05) is 32.9 Å². The summed E-state index contributed by atoms with van der Waals surface area (Å²) in [4.78, 5) is 22.7. The van der Waals surface area contributed by atoms with Crippen molar-refractivity contribution in [3.63, 3.8) is 0 Å². The first kappa shape index (κ1) is 20.9. The minimum Gasteiger partial charge on any atom is -0.455 e. The fourth-order valence-corrected chi connectivity index (χ4v) is 2.77. The lowest BCUT2D eigenvalue weighted by atomic mass is 9.87. The molecule has 0 aliphatic carbocycles. The lowest BCUT2D eigenvalue weighted by Gasteiger charge is -2.18. The summed E-state index contributed by atoms with van der Waals surface area (Å²) in [6, 6.07) is 13.5. The number of nitrogens with one attached hydrogen (secondary N) is 1. The van der Waals surface area contributed by atoms with E-state index < -0.39 is 16.4 Å². The molecule has 8 heteroatoms. The zero-order valence-corrected chi connectivity index (χ0v) is 16.7. The van der Waals surface area contributed by atoms with E-state index in [0.29, 0.717) is 5.56 Å². The summed E-state index contributed by atoms with van der Waals surface area (Å²) in [7, 11) is 0. The third-order valence-corrected chi connectivity index (χ3v) is 4.42. The molecule has 7 nitrogen and oxygen atoms in total. The van der Waals surface area contributed by atoms with Crippen molar-refractivity contribution in [2.75, 3.05) is 0 Å². The van der Waals surface area contributed by atoms with Gasteiger partial charge in [0.25, 0.3) is 11.6 Å². The monoisotopic (exact) mass is 409 g/mol. The minimum absolute atomic E-state index is 0.0102. The lowest BCUT2D eigenvalue weighted by Crippen LogP contribution is -2.18. The van der Waals surface area contributed by atoms with Gasteiger partial charge in [-0.2, -0.15) is 5.10 Å². The van der Waals surface area contributed by atoms with Gasteiger partial charge in [0, 0.05) is 5.56 Å². The number of benzene rings is 2. The number of carbonyl (C=O) groups is 1. The first-order chi connectivity index (χ1) is 14.1. The first-order valence-corrected chi connectivity index (χ1v) is 9.13. The van der Waals surface area contributed by atoms with Crippen LogP contribution in [0.25, 0.3) is 11.3 Å². The van der Waals surface area contributed by atoms with Gasteiger partial charge in [-0.25, -0.2) is 9.82 Å². The molecule has 154 valence electrons. The molecular formula is C22H20FN3O4. The Bertz CT molecular complexity index is 1110. The van der Waals surface area contributed by atoms with Crippen molar-refractivity contribution in [3.05, 3.63) is 87.4 Å². The second kappa shape index (κ2) is 8.28. The second-order valence-corrected chi connectivity index (χ2v) is 7.65. The highest BCUT2D eigenvalue weighted by Crippen LogP contribution is 2.31. The van der Waals surface area contributed by atoms with E-state index in [9.17, 15) is 19.3 Å². The molecule has 3 rings (SSSR count). The van der Waals surface area contributed by atoms with Gasteiger partial charge in [0.1, 0.15) is 17.3 Å². The van der Waals surface area contributed by atoms with Crippen LogP contribution < -0.4 is 5.43 Å². The molecule has 1 amide bonds. The van der Waals surface area contributed by atoms with Crippen LogP contribution in [-0.2, 0) is 5.41 Å². The smallest absolute Gasteiger partial charge is 0.283 e. The number of furan rings is 1. The Kier molecular flexibility index (Phi) is 5.77. The van der Waals surface area contributed by atoms with Crippen LogP contribution in [0.15, 0.2) is 64.1 Å². The van der Waals surface area contributed by atoms with Crippen LogP contribution in [0, 0.1) is 15.9 Å². The highest BCUT2D eigenvalue weighted by Gasteiger charge is 2.19. The zero-order valence-electron chi connectivity index (χ0n) is 16.7. The molecule has 0 atom stereocenters. The van der Waals surface area contributed by atoms with Crippen molar-refractivity contribution in [1.29, 1.82) is 0 Å². The van der Waals surface area contributed by atoms with E-state index >= 15 is 0 Å². The standard InChI is InChI=1S/C22H20FN3O4/c1-22(2,3)15-6-4-14(5-7-15)21(27)25-24-13-17-9-11-20(30-17)18-10-8-16(23)12-19(18)26(28)29/h4-13H,1-3H3,(H,25,27)/b24-13-. The van der Waals surface area contributed by atoms with Crippen LogP contribution >= 0.6 is 0 Å². The molecule has 0 fully saturated rings. The van der Waals surface area contributed by atoms with Crippen molar-refractivity contribution in [2.24, 2.45) is 5.10 Å². The van der Waals surface area contributed by atoms with Crippen molar-refractivity contribution in [2.45, 2.75) is 26.2 Å². The van der Waals surface area contributed by atoms with E-state index in [1.54, 1.807) is 12.1 Å². The maximum absolute atomic E-state index is 13.3. The van der Waals surface area contributed by atoms with Gasteiger partial charge in [-0.05, 0) is 47.4 Å². The molecule has 0 radical (unpaired) electrons. The molecule has 2 aromatic carbocycles. The summed E-state index contributed by atoms with van der Waals surface area (Å²) in [6.07, 6.45) is 1.28. The minimum atomic E-state index is -0.711. The average Bonchev–Trinajstić information content (AvgIpc) is 3.16. The second-order valence-electron chi connectivity index (χ2n) is 7.65. The Morgan fingerprint density at radius 2 is 1.83 bits per heavy atom. The van der Waals surface area contributed by atoms with Crippen LogP contribution in [0.1, 0.15) is 42.5 Å². The van der Waals surface area contributed by atoms with Crippen molar-refractivity contribution >= 4 is 17.8 Å². The topological polar surface area (TPSA) is 97.7 Å². The molecule has 0 spiro atoms. The Hall–Kier alpha value is -3.81. The van der Waals surface area contributed by atoms with Gasteiger partial charge >= 0.3 is 0 Å². The van der Waals surface area contributed by atoms with Crippen molar-refractivity contribution in [3.8, 4) is 11.3 Å². The van der Waals surface area contributed by atoms with E-state index in [4.69, 9.17) is 4.42 Å². The van der Waals surface area contributed by atoms with Crippen LogP contribution in [0.3, 0.4) is 0 Å². The number of nitro benzene ring substituents is 1. The van der Waals surface area contributed by atoms with Crippen molar-refractivity contribution < 1.29 is 18.5 Å². The summed E-state index contributed by atoms with van der Waals surface area (Å²) in [6.45, 7) is 6.26. The predicted molar refractivity (Wildman–Crippen MR) is 111 cm³/mol. The van der Waals surface area contributed by atoms with Crippen LogP contribution in [0.2, 0.25) is 0 Å². The van der Waals surface area contributed by atoms with E-state index in [1.807, 2.05) is 12.1 Å². The van der Waals surface area contributed by atoms with Gasteiger partial charge in [-0.15, -0.1) is 0 Å². The predicted octanol–water partition coefficient (Wildman–Crippen LogP) is 5.06. The normalized spacial score (nSPS) is 11.6. The molecule has 1 aromatic heterocycles. The molecule has 30 heavy (non-hydrogen) atoms. The van der Waals surface area contributed by atoms with Gasteiger partial charge in [0.05, 0.1) is 22.8 Å². The summed E-state index contributed by atoms with van der Waals surface area (Å²) < 4.78 is 18.8. The molecule has 0 saturated heterocycles. The number of nitro groups is 1. The number of carbonyl (C=O) groups excluding carboxylic acids is 1.